The molecule has 9 heteroatoms. The number of halogens is 5. The van der Waals surface area contributed by atoms with Gasteiger partial charge in [0.15, 0.2) is 0 Å². The first-order chi connectivity index (χ1) is 12.3. The molecule has 2 N–H and O–H groups in total. The van der Waals surface area contributed by atoms with Crippen LogP contribution in [-0.2, 0) is 4.74 Å². The normalized spacial score (nSPS) is 20.1. The van der Waals surface area contributed by atoms with Crippen molar-refractivity contribution >= 4 is 12.2 Å². The Balaban J connectivity index is 2.21. The van der Waals surface area contributed by atoms with Crippen LogP contribution in [-0.4, -0.2) is 36.4 Å². The average molecular weight is 392 g/mol. The van der Waals surface area contributed by atoms with Crippen molar-refractivity contribution in [1.29, 1.82) is 0 Å². The van der Waals surface area contributed by atoms with Crippen LogP contribution >= 0.6 is 0 Å². The van der Waals surface area contributed by atoms with Crippen LogP contribution in [0.3, 0.4) is 0 Å². The second-order valence-corrected chi connectivity index (χ2v) is 7.22. The molecule has 0 saturated carbocycles. The molecule has 0 fully saturated rings. The molecule has 1 aliphatic carbocycles. The van der Waals surface area contributed by atoms with Crippen LogP contribution in [0.1, 0.15) is 37.9 Å². The van der Waals surface area contributed by atoms with Crippen LogP contribution in [0.25, 0.3) is 6.08 Å². The topological polar surface area (TPSA) is 50.4 Å². The standard InChI is InChI=1S/C18H21F5N2O2/c1-16(2,3)27-15(26)25-14-12-7-5-4-6-11(12)8-9-13(14)24-10-17(19,20)18(21,22)23/h4-9,13-14,24H,10H2,1-3H3,(H,25,26)/t13-,14-/m0/s1. The van der Waals surface area contributed by atoms with Gasteiger partial charge in [-0.2, -0.15) is 22.0 Å². The van der Waals surface area contributed by atoms with Crippen molar-refractivity contribution in [1.82, 2.24) is 10.6 Å². The Kier molecular flexibility index (Phi) is 5.84. The Hall–Kier alpha value is -2.16. The Labute approximate surface area is 153 Å². The highest BCUT2D eigenvalue weighted by molar-refractivity contribution is 5.70. The van der Waals surface area contributed by atoms with E-state index in [-0.39, 0.29) is 0 Å². The van der Waals surface area contributed by atoms with Crippen molar-refractivity contribution in [2.75, 3.05) is 6.54 Å². The maximum atomic E-state index is 13.3. The second kappa shape index (κ2) is 7.46. The van der Waals surface area contributed by atoms with Gasteiger partial charge in [0.1, 0.15) is 5.60 Å². The van der Waals surface area contributed by atoms with Gasteiger partial charge in [-0.25, -0.2) is 4.79 Å². The number of hydrogen-bond donors (Lipinski definition) is 2. The van der Waals surface area contributed by atoms with Crippen molar-refractivity contribution in [3.05, 3.63) is 41.5 Å². The molecular weight excluding hydrogens is 371 g/mol. The van der Waals surface area contributed by atoms with Crippen LogP contribution in [0.2, 0.25) is 0 Å². The first-order valence-electron chi connectivity index (χ1n) is 8.25. The fourth-order valence-corrected chi connectivity index (χ4v) is 2.59. The van der Waals surface area contributed by atoms with E-state index < -0.39 is 42.4 Å². The maximum Gasteiger partial charge on any atom is 0.454 e. The van der Waals surface area contributed by atoms with Crippen molar-refractivity contribution in [2.24, 2.45) is 0 Å². The molecule has 0 saturated heterocycles. The number of rotatable bonds is 4. The summed E-state index contributed by atoms with van der Waals surface area (Å²) < 4.78 is 69.0. The molecule has 2 atom stereocenters. The van der Waals surface area contributed by atoms with Crippen LogP contribution in [0.4, 0.5) is 26.7 Å². The SMILES string of the molecule is CC(C)(C)OC(=O)N[C@H]1c2ccccc2C=C[C@@H]1NCC(F)(F)C(F)(F)F. The average Bonchev–Trinajstić information content (AvgIpc) is 2.51. The van der Waals surface area contributed by atoms with E-state index in [0.29, 0.717) is 5.56 Å². The Bertz CT molecular complexity index is 710. The van der Waals surface area contributed by atoms with Crippen LogP contribution < -0.4 is 10.6 Å². The quantitative estimate of drug-likeness (QED) is 0.745. The molecule has 0 unspecified atom stereocenters. The molecule has 1 amide bonds. The predicted molar refractivity (Wildman–Crippen MR) is 90.4 cm³/mol. The van der Waals surface area contributed by atoms with E-state index >= 15 is 0 Å². The number of fused-ring (bicyclic) bond motifs is 1. The molecule has 0 spiro atoms. The summed E-state index contributed by atoms with van der Waals surface area (Å²) in [6.45, 7) is 3.35. The molecule has 0 bridgehead atoms. The molecule has 4 nitrogen and oxygen atoms in total. The van der Waals surface area contributed by atoms with Gasteiger partial charge < -0.3 is 15.4 Å². The lowest BCUT2D eigenvalue weighted by atomic mass is 9.89. The minimum Gasteiger partial charge on any atom is -0.444 e. The third kappa shape index (κ3) is 5.41. The summed E-state index contributed by atoms with van der Waals surface area (Å²) in [6.07, 6.45) is -3.42. The van der Waals surface area contributed by atoms with E-state index in [0.717, 1.165) is 5.56 Å². The number of amides is 1. The lowest BCUT2D eigenvalue weighted by Gasteiger charge is -2.33. The number of alkyl carbamates (subject to hydrolysis) is 1. The van der Waals surface area contributed by atoms with Crippen molar-refractivity contribution < 1.29 is 31.5 Å². The number of hydrogen-bond acceptors (Lipinski definition) is 3. The molecule has 2 rings (SSSR count). The Morgan fingerprint density at radius 2 is 1.74 bits per heavy atom. The molecule has 1 aliphatic rings. The summed E-state index contributed by atoms with van der Waals surface area (Å²) in [5.74, 6) is -4.89. The molecule has 0 heterocycles. The molecule has 1 aromatic carbocycles. The van der Waals surface area contributed by atoms with Gasteiger partial charge >= 0.3 is 18.2 Å². The molecule has 150 valence electrons. The van der Waals surface area contributed by atoms with Crippen LogP contribution in [0.5, 0.6) is 0 Å². The van der Waals surface area contributed by atoms with Crippen molar-refractivity contribution in [3.63, 3.8) is 0 Å². The fourth-order valence-electron chi connectivity index (χ4n) is 2.59. The smallest absolute Gasteiger partial charge is 0.444 e. The molecule has 0 radical (unpaired) electrons. The van der Waals surface area contributed by atoms with Gasteiger partial charge in [0.2, 0.25) is 0 Å². The first kappa shape index (κ1) is 21.1. The first-order valence-corrected chi connectivity index (χ1v) is 8.25. The lowest BCUT2D eigenvalue weighted by molar-refractivity contribution is -0.279. The van der Waals surface area contributed by atoms with Crippen molar-refractivity contribution in [3.8, 4) is 0 Å². The number of carbonyl (C=O) groups excluding carboxylic acids is 1. The van der Waals surface area contributed by atoms with Crippen LogP contribution in [0, 0.1) is 0 Å². The molecule has 0 aromatic heterocycles. The minimum absolute atomic E-state index is 0.582. The number of benzene rings is 1. The van der Waals surface area contributed by atoms with Gasteiger partial charge in [-0.15, -0.1) is 0 Å². The third-order valence-corrected chi connectivity index (χ3v) is 3.82. The largest absolute Gasteiger partial charge is 0.454 e. The van der Waals surface area contributed by atoms with E-state index in [1.807, 2.05) is 0 Å². The lowest BCUT2D eigenvalue weighted by Crippen LogP contribution is -2.52. The highest BCUT2D eigenvalue weighted by atomic mass is 19.4. The van der Waals surface area contributed by atoms with Gasteiger partial charge in [-0.1, -0.05) is 36.4 Å². The van der Waals surface area contributed by atoms with E-state index in [1.165, 1.54) is 6.08 Å². The zero-order valence-corrected chi connectivity index (χ0v) is 15.0. The number of alkyl halides is 5. The second-order valence-electron chi connectivity index (χ2n) is 7.22. The highest BCUT2D eigenvalue weighted by Crippen LogP contribution is 2.35. The van der Waals surface area contributed by atoms with E-state index in [4.69, 9.17) is 4.74 Å². The summed E-state index contributed by atoms with van der Waals surface area (Å²) in [7, 11) is 0. The van der Waals surface area contributed by atoms with Gasteiger partial charge in [0.25, 0.3) is 0 Å². The molecule has 27 heavy (non-hydrogen) atoms. The van der Waals surface area contributed by atoms with Gasteiger partial charge in [-0.3, -0.25) is 0 Å². The monoisotopic (exact) mass is 392 g/mol. The zero-order chi connectivity index (χ0) is 20.5. The summed E-state index contributed by atoms with van der Waals surface area (Å²) in [5.41, 5.74) is 0.512. The minimum atomic E-state index is -5.66. The van der Waals surface area contributed by atoms with Gasteiger partial charge in [0, 0.05) is 0 Å². The Morgan fingerprint density at radius 1 is 1.11 bits per heavy atom. The summed E-state index contributed by atoms with van der Waals surface area (Å²) in [4.78, 5) is 12.1. The van der Waals surface area contributed by atoms with Crippen molar-refractivity contribution in [2.45, 2.75) is 50.6 Å². The van der Waals surface area contributed by atoms with E-state index in [1.54, 1.807) is 51.1 Å². The van der Waals surface area contributed by atoms with Gasteiger partial charge in [0.05, 0.1) is 18.6 Å². The van der Waals surface area contributed by atoms with Crippen LogP contribution in [0.15, 0.2) is 30.3 Å². The zero-order valence-electron chi connectivity index (χ0n) is 15.0. The number of carbonyl (C=O) groups is 1. The van der Waals surface area contributed by atoms with E-state index in [2.05, 4.69) is 10.6 Å². The molecule has 1 aromatic rings. The van der Waals surface area contributed by atoms with Gasteiger partial charge in [-0.05, 0) is 31.9 Å². The molecule has 0 aliphatic heterocycles. The highest BCUT2D eigenvalue weighted by Gasteiger charge is 2.57. The number of nitrogens with one attached hydrogen (secondary N) is 2. The maximum absolute atomic E-state index is 13.3. The number of ether oxygens (including phenoxy) is 1. The van der Waals surface area contributed by atoms with E-state index in [9.17, 15) is 26.7 Å². The Morgan fingerprint density at radius 3 is 2.33 bits per heavy atom. The molecular formula is C18H21F5N2O2. The summed E-state index contributed by atoms with van der Waals surface area (Å²) in [5, 5.41) is 4.76. The fraction of sp³-hybridized carbons (Fsp3) is 0.500. The third-order valence-electron chi connectivity index (χ3n) is 3.82. The predicted octanol–water partition coefficient (Wildman–Crippen LogP) is 4.44. The summed E-state index contributed by atoms with van der Waals surface area (Å²) in [6, 6.07) is 5.00. The summed E-state index contributed by atoms with van der Waals surface area (Å²) >= 11 is 0.